The fourth-order valence-electron chi connectivity index (χ4n) is 3.99. The van der Waals surface area contributed by atoms with Gasteiger partial charge in [-0.2, -0.15) is 0 Å². The van der Waals surface area contributed by atoms with Gasteiger partial charge in [0.15, 0.2) is 0 Å². The predicted molar refractivity (Wildman–Crippen MR) is 86.8 cm³/mol. The number of nitrogens with zero attached hydrogens (tertiary/aromatic N) is 1. The van der Waals surface area contributed by atoms with E-state index in [2.05, 4.69) is 41.4 Å². The third-order valence-electron chi connectivity index (χ3n) is 5.20. The summed E-state index contributed by atoms with van der Waals surface area (Å²) >= 11 is 0. The molecule has 1 aromatic rings. The molecule has 2 aliphatic heterocycles. The van der Waals surface area contributed by atoms with Crippen LogP contribution >= 0.6 is 0 Å². The summed E-state index contributed by atoms with van der Waals surface area (Å²) in [5.41, 5.74) is 1.38. The summed E-state index contributed by atoms with van der Waals surface area (Å²) < 4.78 is 5.26. The van der Waals surface area contributed by atoms with Crippen LogP contribution in [-0.2, 0) is 0 Å². The molecule has 0 spiro atoms. The second-order valence-corrected chi connectivity index (χ2v) is 6.39. The van der Waals surface area contributed by atoms with Crippen LogP contribution in [0.4, 0.5) is 0 Å². The second-order valence-electron chi connectivity index (χ2n) is 6.39. The van der Waals surface area contributed by atoms with Crippen molar-refractivity contribution in [2.24, 2.45) is 0 Å². The number of fused-ring (bicyclic) bond motifs is 1. The van der Waals surface area contributed by atoms with Gasteiger partial charge in [0.25, 0.3) is 0 Å². The number of ether oxygens (including phenoxy) is 1. The van der Waals surface area contributed by atoms with Crippen molar-refractivity contribution < 1.29 is 4.74 Å². The van der Waals surface area contributed by atoms with E-state index < -0.39 is 0 Å². The summed E-state index contributed by atoms with van der Waals surface area (Å²) in [5.74, 6) is 0.938. The van der Waals surface area contributed by atoms with Crippen molar-refractivity contribution in [3.63, 3.8) is 0 Å². The van der Waals surface area contributed by atoms with E-state index in [-0.39, 0.29) is 0 Å². The van der Waals surface area contributed by atoms with Crippen molar-refractivity contribution in [2.75, 3.05) is 20.2 Å². The van der Waals surface area contributed by atoms with Crippen molar-refractivity contribution in [2.45, 2.75) is 57.2 Å². The predicted octanol–water partition coefficient (Wildman–Crippen LogP) is 3.36. The highest BCUT2D eigenvalue weighted by Gasteiger charge is 2.36. The highest BCUT2D eigenvalue weighted by molar-refractivity contribution is 5.29. The molecule has 116 valence electrons. The molecule has 0 bridgehead atoms. The summed E-state index contributed by atoms with van der Waals surface area (Å²) in [7, 11) is 1.72. The molecule has 3 atom stereocenters. The highest BCUT2D eigenvalue weighted by Crippen LogP contribution is 2.30. The first-order chi connectivity index (χ1) is 10.3. The maximum Gasteiger partial charge on any atom is 0.118 e. The van der Waals surface area contributed by atoms with Crippen molar-refractivity contribution >= 4 is 0 Å². The Balaban J connectivity index is 1.66. The van der Waals surface area contributed by atoms with Crippen LogP contribution in [-0.4, -0.2) is 37.2 Å². The van der Waals surface area contributed by atoms with E-state index in [0.29, 0.717) is 12.1 Å². The lowest BCUT2D eigenvalue weighted by atomic mass is 9.96. The van der Waals surface area contributed by atoms with E-state index in [1.54, 1.807) is 7.11 Å². The lowest BCUT2D eigenvalue weighted by molar-refractivity contribution is 0.176. The minimum atomic E-state index is 0.461. The molecule has 0 aromatic heterocycles. The van der Waals surface area contributed by atoms with Gasteiger partial charge in [0, 0.05) is 24.7 Å². The lowest BCUT2D eigenvalue weighted by Gasteiger charge is -2.34. The fraction of sp³-hybridized carbons (Fsp3) is 0.667. The van der Waals surface area contributed by atoms with Crippen LogP contribution in [0.15, 0.2) is 24.3 Å². The molecule has 0 radical (unpaired) electrons. The molecule has 3 nitrogen and oxygen atoms in total. The van der Waals surface area contributed by atoms with Crippen molar-refractivity contribution in [3.05, 3.63) is 29.8 Å². The molecule has 2 saturated heterocycles. The van der Waals surface area contributed by atoms with E-state index in [1.165, 1.54) is 44.3 Å². The smallest absolute Gasteiger partial charge is 0.118 e. The summed E-state index contributed by atoms with van der Waals surface area (Å²) in [6.07, 6.45) is 6.60. The number of piperidine rings is 1. The number of rotatable bonds is 5. The van der Waals surface area contributed by atoms with Gasteiger partial charge in [-0.05, 0) is 49.9 Å². The SMILES string of the molecule is CCC(NC1CCN2CCCCC12)c1ccc(OC)cc1. The van der Waals surface area contributed by atoms with Gasteiger partial charge >= 0.3 is 0 Å². The zero-order chi connectivity index (χ0) is 14.7. The quantitative estimate of drug-likeness (QED) is 0.899. The Labute approximate surface area is 128 Å². The number of methoxy groups -OCH3 is 1. The normalized spacial score (nSPS) is 27.3. The van der Waals surface area contributed by atoms with Crippen LogP contribution in [0.5, 0.6) is 5.75 Å². The zero-order valence-corrected chi connectivity index (χ0v) is 13.3. The monoisotopic (exact) mass is 288 g/mol. The summed E-state index contributed by atoms with van der Waals surface area (Å²) in [4.78, 5) is 2.70. The maximum absolute atomic E-state index is 5.26. The minimum absolute atomic E-state index is 0.461. The van der Waals surface area contributed by atoms with Gasteiger partial charge in [-0.1, -0.05) is 25.5 Å². The van der Waals surface area contributed by atoms with Gasteiger partial charge in [0.1, 0.15) is 5.75 Å². The van der Waals surface area contributed by atoms with Gasteiger partial charge in [0.05, 0.1) is 7.11 Å². The van der Waals surface area contributed by atoms with Crippen molar-refractivity contribution in [1.29, 1.82) is 0 Å². The van der Waals surface area contributed by atoms with E-state index in [0.717, 1.165) is 18.2 Å². The number of nitrogens with one attached hydrogen (secondary N) is 1. The largest absolute Gasteiger partial charge is 0.497 e. The van der Waals surface area contributed by atoms with Crippen LogP contribution in [0, 0.1) is 0 Å². The van der Waals surface area contributed by atoms with Gasteiger partial charge in [-0.15, -0.1) is 0 Å². The summed E-state index contributed by atoms with van der Waals surface area (Å²) in [5, 5.41) is 3.94. The Hall–Kier alpha value is -1.06. The van der Waals surface area contributed by atoms with E-state index >= 15 is 0 Å². The summed E-state index contributed by atoms with van der Waals surface area (Å²) in [6.45, 7) is 4.86. The Bertz CT molecular complexity index is 445. The molecule has 2 aliphatic rings. The molecule has 1 aromatic carbocycles. The molecule has 1 N–H and O–H groups in total. The van der Waals surface area contributed by atoms with Crippen LogP contribution < -0.4 is 10.1 Å². The van der Waals surface area contributed by atoms with E-state index in [9.17, 15) is 0 Å². The van der Waals surface area contributed by atoms with Crippen molar-refractivity contribution in [1.82, 2.24) is 10.2 Å². The Morgan fingerprint density at radius 1 is 1.19 bits per heavy atom. The van der Waals surface area contributed by atoms with Crippen LogP contribution in [0.1, 0.15) is 50.6 Å². The molecule has 21 heavy (non-hydrogen) atoms. The third kappa shape index (κ3) is 3.24. The molecule has 3 rings (SSSR count). The summed E-state index contributed by atoms with van der Waals surface area (Å²) in [6, 6.07) is 10.4. The molecular formula is C18H28N2O. The standard InChI is InChI=1S/C18H28N2O/c1-3-16(14-7-9-15(21-2)10-8-14)19-17-11-13-20-12-5-4-6-18(17)20/h7-10,16-19H,3-6,11-13H2,1-2H3. The molecular weight excluding hydrogens is 260 g/mol. The Morgan fingerprint density at radius 3 is 2.71 bits per heavy atom. The molecule has 2 fully saturated rings. The fourth-order valence-corrected chi connectivity index (χ4v) is 3.99. The van der Waals surface area contributed by atoms with Gasteiger partial charge < -0.3 is 10.1 Å². The first-order valence-electron chi connectivity index (χ1n) is 8.46. The van der Waals surface area contributed by atoms with Crippen LogP contribution in [0.25, 0.3) is 0 Å². The zero-order valence-electron chi connectivity index (χ0n) is 13.3. The lowest BCUT2D eigenvalue weighted by Crippen LogP contribution is -2.45. The van der Waals surface area contributed by atoms with Crippen LogP contribution in [0.2, 0.25) is 0 Å². The highest BCUT2D eigenvalue weighted by atomic mass is 16.5. The minimum Gasteiger partial charge on any atom is -0.497 e. The number of hydrogen-bond donors (Lipinski definition) is 1. The topological polar surface area (TPSA) is 24.5 Å². The average molecular weight is 288 g/mol. The van der Waals surface area contributed by atoms with Gasteiger partial charge in [-0.3, -0.25) is 4.90 Å². The van der Waals surface area contributed by atoms with Gasteiger partial charge in [-0.25, -0.2) is 0 Å². The number of benzene rings is 1. The number of hydrogen-bond acceptors (Lipinski definition) is 3. The Kier molecular flexibility index (Phi) is 4.81. The molecule has 2 heterocycles. The van der Waals surface area contributed by atoms with E-state index in [4.69, 9.17) is 4.74 Å². The maximum atomic E-state index is 5.26. The average Bonchev–Trinajstić information content (AvgIpc) is 2.96. The van der Waals surface area contributed by atoms with Gasteiger partial charge in [0.2, 0.25) is 0 Å². The third-order valence-corrected chi connectivity index (χ3v) is 5.20. The van der Waals surface area contributed by atoms with E-state index in [1.807, 2.05) is 0 Å². The molecule has 0 amide bonds. The first kappa shape index (κ1) is 14.9. The van der Waals surface area contributed by atoms with Crippen molar-refractivity contribution in [3.8, 4) is 5.75 Å². The molecule has 0 saturated carbocycles. The molecule has 0 aliphatic carbocycles. The second kappa shape index (κ2) is 6.80. The molecule has 3 unspecified atom stereocenters. The molecule has 3 heteroatoms. The first-order valence-corrected chi connectivity index (χ1v) is 8.46. The Morgan fingerprint density at radius 2 is 2.00 bits per heavy atom. The van der Waals surface area contributed by atoms with Crippen LogP contribution in [0.3, 0.4) is 0 Å².